The van der Waals surface area contributed by atoms with Crippen LogP contribution in [0.2, 0.25) is 0 Å². The Morgan fingerprint density at radius 3 is 2.88 bits per heavy atom. The lowest BCUT2D eigenvalue weighted by atomic mass is 9.71. The van der Waals surface area contributed by atoms with E-state index in [0.717, 1.165) is 12.5 Å². The zero-order valence-corrected chi connectivity index (χ0v) is 10.8. The third kappa shape index (κ3) is 3.21. The lowest BCUT2D eigenvalue weighted by Crippen LogP contribution is -2.45. The summed E-state index contributed by atoms with van der Waals surface area (Å²) < 4.78 is 5.96. The van der Waals surface area contributed by atoms with Gasteiger partial charge in [-0.05, 0) is 70.4 Å². The van der Waals surface area contributed by atoms with Gasteiger partial charge in [0, 0.05) is 6.61 Å². The van der Waals surface area contributed by atoms with Gasteiger partial charge in [0.1, 0.15) is 0 Å². The number of hydrogen-bond donors (Lipinski definition) is 1. The quantitative estimate of drug-likeness (QED) is 0.701. The summed E-state index contributed by atoms with van der Waals surface area (Å²) in [5.74, 6) is 0.942. The molecule has 1 spiro atoms. The largest absolute Gasteiger partial charge is 0.375 e. The normalized spacial score (nSPS) is 27.9. The first kappa shape index (κ1) is 12.4. The van der Waals surface area contributed by atoms with Crippen molar-refractivity contribution in [1.82, 2.24) is 5.32 Å². The van der Waals surface area contributed by atoms with Crippen LogP contribution in [0.5, 0.6) is 0 Å². The molecule has 2 fully saturated rings. The minimum absolute atomic E-state index is 0.347. The van der Waals surface area contributed by atoms with Crippen LogP contribution >= 0.6 is 0 Å². The van der Waals surface area contributed by atoms with Gasteiger partial charge in [-0.3, -0.25) is 0 Å². The van der Waals surface area contributed by atoms with E-state index in [-0.39, 0.29) is 0 Å². The first-order valence-corrected chi connectivity index (χ1v) is 7.19. The summed E-state index contributed by atoms with van der Waals surface area (Å²) >= 11 is 0. The van der Waals surface area contributed by atoms with Crippen LogP contribution in [0.25, 0.3) is 0 Å². The molecule has 1 aliphatic heterocycles. The topological polar surface area (TPSA) is 21.3 Å². The van der Waals surface area contributed by atoms with Crippen LogP contribution in [0, 0.1) is 5.92 Å². The molecule has 94 valence electrons. The molecule has 1 aliphatic carbocycles. The van der Waals surface area contributed by atoms with Crippen LogP contribution in [0.4, 0.5) is 0 Å². The van der Waals surface area contributed by atoms with E-state index in [4.69, 9.17) is 4.74 Å². The van der Waals surface area contributed by atoms with Crippen molar-refractivity contribution in [1.29, 1.82) is 0 Å². The van der Waals surface area contributed by atoms with Crippen LogP contribution in [-0.2, 0) is 4.74 Å². The Kier molecular flexibility index (Phi) is 4.66. The molecule has 1 heterocycles. The predicted molar refractivity (Wildman–Crippen MR) is 67.7 cm³/mol. The Morgan fingerprint density at radius 1 is 1.31 bits per heavy atom. The van der Waals surface area contributed by atoms with Crippen LogP contribution < -0.4 is 5.32 Å². The highest BCUT2D eigenvalue weighted by Gasteiger charge is 2.42. The molecule has 2 nitrogen and oxygen atoms in total. The van der Waals surface area contributed by atoms with Gasteiger partial charge >= 0.3 is 0 Å². The van der Waals surface area contributed by atoms with Gasteiger partial charge in [0.15, 0.2) is 0 Å². The van der Waals surface area contributed by atoms with Crippen LogP contribution in [0.3, 0.4) is 0 Å². The van der Waals surface area contributed by atoms with Gasteiger partial charge in [0.2, 0.25) is 0 Å². The maximum Gasteiger partial charge on any atom is 0.0685 e. The van der Waals surface area contributed by atoms with E-state index in [9.17, 15) is 0 Å². The molecule has 0 bridgehead atoms. The molecule has 2 heteroatoms. The smallest absolute Gasteiger partial charge is 0.0685 e. The summed E-state index contributed by atoms with van der Waals surface area (Å²) in [6.07, 6.45) is 10.7. The average Bonchev–Trinajstić information content (AvgIpc) is 2.27. The van der Waals surface area contributed by atoms with Crippen molar-refractivity contribution in [2.75, 3.05) is 19.7 Å². The summed E-state index contributed by atoms with van der Waals surface area (Å²) in [5, 5.41) is 3.49. The molecule has 0 aromatic rings. The second kappa shape index (κ2) is 6.02. The first-order valence-electron chi connectivity index (χ1n) is 7.19. The molecule has 1 saturated heterocycles. The number of hydrogen-bond acceptors (Lipinski definition) is 2. The minimum Gasteiger partial charge on any atom is -0.375 e. The molecular weight excluding hydrogens is 198 g/mol. The van der Waals surface area contributed by atoms with Crippen LogP contribution in [0.1, 0.15) is 58.3 Å². The van der Waals surface area contributed by atoms with Crippen LogP contribution in [0.15, 0.2) is 0 Å². The Hall–Kier alpha value is -0.0800. The van der Waals surface area contributed by atoms with E-state index in [1.165, 1.54) is 64.5 Å². The number of ether oxygens (including phenoxy) is 1. The van der Waals surface area contributed by atoms with E-state index in [2.05, 4.69) is 12.2 Å². The van der Waals surface area contributed by atoms with E-state index < -0.39 is 0 Å². The van der Waals surface area contributed by atoms with Crippen molar-refractivity contribution in [2.24, 2.45) is 5.92 Å². The second-order valence-electron chi connectivity index (χ2n) is 5.64. The molecule has 2 rings (SSSR count). The molecule has 1 saturated carbocycles. The van der Waals surface area contributed by atoms with E-state index in [1.807, 2.05) is 0 Å². The highest BCUT2D eigenvalue weighted by atomic mass is 16.5. The molecule has 1 atom stereocenters. The SMILES string of the molecule is CCCNCCCC1CCOC2(CCC2)C1. The van der Waals surface area contributed by atoms with Gasteiger partial charge in [0.25, 0.3) is 0 Å². The Morgan fingerprint density at radius 2 is 2.19 bits per heavy atom. The highest BCUT2D eigenvalue weighted by molar-refractivity contribution is 4.93. The summed E-state index contributed by atoms with van der Waals surface area (Å²) in [4.78, 5) is 0. The summed E-state index contributed by atoms with van der Waals surface area (Å²) in [6, 6.07) is 0. The lowest BCUT2D eigenvalue weighted by Gasteiger charge is -2.47. The summed E-state index contributed by atoms with van der Waals surface area (Å²) in [6.45, 7) is 5.63. The van der Waals surface area contributed by atoms with Gasteiger partial charge in [-0.25, -0.2) is 0 Å². The van der Waals surface area contributed by atoms with E-state index in [0.29, 0.717) is 5.60 Å². The van der Waals surface area contributed by atoms with Crippen molar-refractivity contribution in [2.45, 2.75) is 63.9 Å². The maximum atomic E-state index is 5.96. The fourth-order valence-electron chi connectivity index (χ4n) is 3.11. The zero-order valence-electron chi connectivity index (χ0n) is 10.8. The molecule has 0 amide bonds. The second-order valence-corrected chi connectivity index (χ2v) is 5.64. The molecule has 0 aromatic heterocycles. The third-order valence-electron chi connectivity index (χ3n) is 4.25. The van der Waals surface area contributed by atoms with E-state index >= 15 is 0 Å². The first-order chi connectivity index (χ1) is 7.85. The number of rotatable bonds is 6. The highest BCUT2D eigenvalue weighted by Crippen LogP contribution is 2.45. The van der Waals surface area contributed by atoms with Gasteiger partial charge in [-0.1, -0.05) is 6.92 Å². The summed E-state index contributed by atoms with van der Waals surface area (Å²) in [5.41, 5.74) is 0.347. The van der Waals surface area contributed by atoms with Gasteiger partial charge in [-0.15, -0.1) is 0 Å². The molecule has 0 radical (unpaired) electrons. The van der Waals surface area contributed by atoms with Crippen molar-refractivity contribution in [3.63, 3.8) is 0 Å². The van der Waals surface area contributed by atoms with Gasteiger partial charge in [0.05, 0.1) is 5.60 Å². The standard InChI is InChI=1S/C14H27NO/c1-2-9-15-10-3-5-13-6-11-16-14(12-13)7-4-8-14/h13,15H,2-12H2,1H3. The fourth-order valence-corrected chi connectivity index (χ4v) is 3.11. The van der Waals surface area contributed by atoms with Crippen molar-refractivity contribution in [3.8, 4) is 0 Å². The molecule has 1 N–H and O–H groups in total. The number of nitrogens with one attached hydrogen (secondary N) is 1. The average molecular weight is 225 g/mol. The van der Waals surface area contributed by atoms with E-state index in [1.54, 1.807) is 0 Å². The zero-order chi connectivity index (χ0) is 11.3. The Labute approximate surface area is 100 Å². The lowest BCUT2D eigenvalue weighted by molar-refractivity contribution is -0.144. The van der Waals surface area contributed by atoms with Gasteiger partial charge in [-0.2, -0.15) is 0 Å². The van der Waals surface area contributed by atoms with Crippen molar-refractivity contribution in [3.05, 3.63) is 0 Å². The Balaban J connectivity index is 1.58. The molecule has 16 heavy (non-hydrogen) atoms. The fraction of sp³-hybridized carbons (Fsp3) is 1.00. The van der Waals surface area contributed by atoms with Crippen molar-refractivity contribution < 1.29 is 4.74 Å². The predicted octanol–water partition coefficient (Wildman–Crippen LogP) is 3.12. The van der Waals surface area contributed by atoms with Crippen molar-refractivity contribution >= 4 is 0 Å². The molecule has 2 aliphatic rings. The minimum atomic E-state index is 0.347. The summed E-state index contributed by atoms with van der Waals surface area (Å²) in [7, 11) is 0. The molecule has 1 unspecified atom stereocenters. The monoisotopic (exact) mass is 225 g/mol. The maximum absolute atomic E-state index is 5.96. The molecule has 0 aromatic carbocycles. The molecular formula is C14H27NO. The van der Waals surface area contributed by atoms with Gasteiger partial charge < -0.3 is 10.1 Å². The van der Waals surface area contributed by atoms with Crippen LogP contribution in [-0.4, -0.2) is 25.3 Å². The third-order valence-corrected chi connectivity index (χ3v) is 4.25. The Bertz CT molecular complexity index is 201.